The standard InChI is InChI=1S/C20H27N3O2/c1-15(2)19(13-24)23(12-16-6-4-3-5-7-16)20(25)17-8-9-22-14-21-11-18(22)10-17/h3-7,11,14-15,17,19,24H,8-10,12-13H2,1-2H3/t17-,19-/m1/s1. The van der Waals surface area contributed by atoms with Crippen molar-refractivity contribution in [3.8, 4) is 0 Å². The minimum atomic E-state index is -0.167. The fourth-order valence-corrected chi connectivity index (χ4v) is 3.62. The van der Waals surface area contributed by atoms with E-state index >= 15 is 0 Å². The lowest BCUT2D eigenvalue weighted by atomic mass is 9.92. The first kappa shape index (κ1) is 17.7. The molecule has 2 heterocycles. The molecule has 5 heteroatoms. The predicted molar refractivity (Wildman–Crippen MR) is 96.7 cm³/mol. The van der Waals surface area contributed by atoms with Crippen molar-refractivity contribution >= 4 is 5.91 Å². The quantitative estimate of drug-likeness (QED) is 0.878. The second-order valence-corrected chi connectivity index (χ2v) is 7.21. The number of amides is 1. The van der Waals surface area contributed by atoms with E-state index in [0.717, 1.165) is 30.6 Å². The van der Waals surface area contributed by atoms with Gasteiger partial charge in [0.05, 0.1) is 19.0 Å². The Hall–Kier alpha value is -2.14. The van der Waals surface area contributed by atoms with Crippen LogP contribution in [0.3, 0.4) is 0 Å². The molecule has 0 saturated carbocycles. The van der Waals surface area contributed by atoms with Crippen LogP contribution in [0, 0.1) is 11.8 Å². The molecular formula is C20H27N3O2. The molecule has 1 aliphatic heterocycles. The Bertz CT molecular complexity index is 696. The fourth-order valence-electron chi connectivity index (χ4n) is 3.62. The Balaban J connectivity index is 1.81. The summed E-state index contributed by atoms with van der Waals surface area (Å²) < 4.78 is 2.12. The van der Waals surface area contributed by atoms with Gasteiger partial charge in [0, 0.05) is 37.3 Å². The van der Waals surface area contributed by atoms with Crippen LogP contribution in [0.15, 0.2) is 42.9 Å². The van der Waals surface area contributed by atoms with Crippen LogP contribution in [0.4, 0.5) is 0 Å². The number of carbonyl (C=O) groups excluding carboxylic acids is 1. The first-order valence-electron chi connectivity index (χ1n) is 9.04. The number of fused-ring (bicyclic) bond motifs is 1. The van der Waals surface area contributed by atoms with Crippen LogP contribution in [-0.4, -0.2) is 38.1 Å². The van der Waals surface area contributed by atoms with Crippen LogP contribution < -0.4 is 0 Å². The van der Waals surface area contributed by atoms with Gasteiger partial charge in [-0.3, -0.25) is 4.79 Å². The molecule has 0 spiro atoms. The van der Waals surface area contributed by atoms with Gasteiger partial charge in [0.15, 0.2) is 0 Å². The maximum atomic E-state index is 13.3. The minimum absolute atomic E-state index is 0.0130. The molecule has 1 N–H and O–H groups in total. The molecule has 25 heavy (non-hydrogen) atoms. The van der Waals surface area contributed by atoms with E-state index in [-0.39, 0.29) is 30.4 Å². The van der Waals surface area contributed by atoms with Gasteiger partial charge in [0.1, 0.15) is 0 Å². The van der Waals surface area contributed by atoms with Gasteiger partial charge in [-0.1, -0.05) is 44.2 Å². The number of aliphatic hydroxyl groups excluding tert-OH is 1. The van der Waals surface area contributed by atoms with Crippen LogP contribution in [0.1, 0.15) is 31.5 Å². The zero-order chi connectivity index (χ0) is 17.8. The summed E-state index contributed by atoms with van der Waals surface area (Å²) in [6.07, 6.45) is 5.24. The molecule has 0 bridgehead atoms. The van der Waals surface area contributed by atoms with E-state index in [0.29, 0.717) is 6.54 Å². The molecule has 1 aromatic heterocycles. The van der Waals surface area contributed by atoms with E-state index in [2.05, 4.69) is 23.4 Å². The van der Waals surface area contributed by atoms with E-state index in [4.69, 9.17) is 0 Å². The van der Waals surface area contributed by atoms with Crippen molar-refractivity contribution in [2.75, 3.05) is 6.61 Å². The second kappa shape index (κ2) is 7.83. The van der Waals surface area contributed by atoms with Gasteiger partial charge in [-0.2, -0.15) is 0 Å². The Labute approximate surface area is 149 Å². The third kappa shape index (κ3) is 3.93. The van der Waals surface area contributed by atoms with Gasteiger partial charge >= 0.3 is 0 Å². The largest absolute Gasteiger partial charge is 0.394 e. The number of carbonyl (C=O) groups is 1. The van der Waals surface area contributed by atoms with Crippen LogP contribution >= 0.6 is 0 Å². The van der Waals surface area contributed by atoms with Crippen LogP contribution in [-0.2, 0) is 24.3 Å². The molecule has 134 valence electrons. The Morgan fingerprint density at radius 3 is 2.80 bits per heavy atom. The highest BCUT2D eigenvalue weighted by molar-refractivity contribution is 5.79. The van der Waals surface area contributed by atoms with Crippen molar-refractivity contribution in [2.45, 2.75) is 45.8 Å². The van der Waals surface area contributed by atoms with Gasteiger partial charge in [-0.25, -0.2) is 4.98 Å². The molecule has 5 nitrogen and oxygen atoms in total. The fraction of sp³-hybridized carbons (Fsp3) is 0.500. The first-order valence-corrected chi connectivity index (χ1v) is 9.04. The van der Waals surface area contributed by atoms with Gasteiger partial charge in [-0.15, -0.1) is 0 Å². The van der Waals surface area contributed by atoms with E-state index in [1.165, 1.54) is 0 Å². The summed E-state index contributed by atoms with van der Waals surface area (Å²) in [6, 6.07) is 9.85. The number of benzene rings is 1. The smallest absolute Gasteiger partial charge is 0.226 e. The molecule has 0 saturated heterocycles. The average molecular weight is 341 g/mol. The summed E-state index contributed by atoms with van der Waals surface area (Å²) in [6.45, 7) is 5.47. The van der Waals surface area contributed by atoms with Crippen LogP contribution in [0.2, 0.25) is 0 Å². The summed E-state index contributed by atoms with van der Waals surface area (Å²) in [5, 5.41) is 9.91. The van der Waals surface area contributed by atoms with Crippen molar-refractivity contribution in [2.24, 2.45) is 11.8 Å². The SMILES string of the molecule is CC(C)[C@@H](CO)N(Cc1ccccc1)C(=O)[C@@H]1CCn2cncc2C1. The topological polar surface area (TPSA) is 58.4 Å². The molecule has 0 fully saturated rings. The van der Waals surface area contributed by atoms with Gasteiger partial charge in [-0.05, 0) is 17.9 Å². The molecule has 3 rings (SSSR count). The number of aliphatic hydroxyl groups is 1. The Morgan fingerprint density at radius 1 is 1.36 bits per heavy atom. The average Bonchev–Trinajstić information content (AvgIpc) is 3.09. The summed E-state index contributed by atoms with van der Waals surface area (Å²) in [5.74, 6) is 0.302. The number of nitrogens with zero attached hydrogens (tertiary/aromatic N) is 3. The van der Waals surface area contributed by atoms with Crippen molar-refractivity contribution in [1.82, 2.24) is 14.5 Å². The van der Waals surface area contributed by atoms with Gasteiger partial charge in [0.25, 0.3) is 0 Å². The molecule has 1 aliphatic rings. The Morgan fingerprint density at radius 2 is 2.12 bits per heavy atom. The highest BCUT2D eigenvalue weighted by Gasteiger charge is 2.33. The molecule has 1 amide bonds. The number of hydrogen-bond acceptors (Lipinski definition) is 3. The van der Waals surface area contributed by atoms with Gasteiger partial charge in [0.2, 0.25) is 5.91 Å². The third-order valence-corrected chi connectivity index (χ3v) is 5.16. The van der Waals surface area contributed by atoms with Crippen LogP contribution in [0.25, 0.3) is 0 Å². The number of hydrogen-bond donors (Lipinski definition) is 1. The highest BCUT2D eigenvalue weighted by atomic mass is 16.3. The molecule has 0 unspecified atom stereocenters. The number of aryl methyl sites for hydroxylation is 1. The van der Waals surface area contributed by atoms with Crippen LogP contribution in [0.5, 0.6) is 0 Å². The summed E-state index contributed by atoms with van der Waals surface area (Å²) in [7, 11) is 0. The number of imidazole rings is 1. The van der Waals surface area contributed by atoms with Crippen molar-refractivity contribution in [3.63, 3.8) is 0 Å². The molecule has 2 aromatic rings. The van der Waals surface area contributed by atoms with Gasteiger partial charge < -0.3 is 14.6 Å². The molecular weight excluding hydrogens is 314 g/mol. The minimum Gasteiger partial charge on any atom is -0.394 e. The summed E-state index contributed by atoms with van der Waals surface area (Å²) in [5.41, 5.74) is 2.21. The van der Waals surface area contributed by atoms with E-state index < -0.39 is 0 Å². The van der Waals surface area contributed by atoms with Crippen molar-refractivity contribution < 1.29 is 9.90 Å². The monoisotopic (exact) mass is 341 g/mol. The third-order valence-electron chi connectivity index (χ3n) is 5.16. The number of rotatable bonds is 6. The maximum Gasteiger partial charge on any atom is 0.226 e. The number of aromatic nitrogens is 2. The first-order chi connectivity index (χ1) is 12.1. The van der Waals surface area contributed by atoms with Crippen molar-refractivity contribution in [3.05, 3.63) is 54.1 Å². The molecule has 1 aromatic carbocycles. The second-order valence-electron chi connectivity index (χ2n) is 7.21. The Kier molecular flexibility index (Phi) is 5.53. The zero-order valence-electron chi connectivity index (χ0n) is 15.0. The highest BCUT2D eigenvalue weighted by Crippen LogP contribution is 2.25. The molecule has 0 radical (unpaired) electrons. The molecule has 0 aliphatic carbocycles. The van der Waals surface area contributed by atoms with E-state index in [9.17, 15) is 9.90 Å². The maximum absolute atomic E-state index is 13.3. The zero-order valence-corrected chi connectivity index (χ0v) is 15.0. The summed E-state index contributed by atoms with van der Waals surface area (Å²) >= 11 is 0. The molecule has 2 atom stereocenters. The lowest BCUT2D eigenvalue weighted by molar-refractivity contribution is -0.141. The predicted octanol–water partition coefficient (Wildman–Crippen LogP) is 2.49. The lowest BCUT2D eigenvalue weighted by Gasteiger charge is -2.37. The normalized spacial score (nSPS) is 18.0. The van der Waals surface area contributed by atoms with Crippen molar-refractivity contribution in [1.29, 1.82) is 0 Å². The van der Waals surface area contributed by atoms with E-state index in [1.807, 2.05) is 47.8 Å². The van der Waals surface area contributed by atoms with E-state index in [1.54, 1.807) is 0 Å². The lowest BCUT2D eigenvalue weighted by Crippen LogP contribution is -2.48. The summed E-state index contributed by atoms with van der Waals surface area (Å²) in [4.78, 5) is 19.4.